The molecule has 1 aliphatic rings. The Kier molecular flexibility index (Phi) is 5.00. The van der Waals surface area contributed by atoms with E-state index >= 15 is 0 Å². The van der Waals surface area contributed by atoms with E-state index in [4.69, 9.17) is 0 Å². The molecule has 0 saturated heterocycles. The minimum Gasteiger partial charge on any atom is -0.191 e. The highest BCUT2D eigenvalue weighted by Gasteiger charge is 2.30. The van der Waals surface area contributed by atoms with Crippen LogP contribution in [0, 0.1) is 13.8 Å². The second-order valence-electron chi connectivity index (χ2n) is 7.54. The highest BCUT2D eigenvalue weighted by molar-refractivity contribution is 8.47. The fraction of sp³-hybridized carbons (Fsp3) is 0.167. The van der Waals surface area contributed by atoms with Gasteiger partial charge in [0.15, 0.2) is 0 Å². The first-order valence-electron chi connectivity index (χ1n) is 9.41. The van der Waals surface area contributed by atoms with Gasteiger partial charge in [0, 0.05) is 48.8 Å². The zero-order valence-corrected chi connectivity index (χ0v) is 20.9. The molecule has 1 aliphatic heterocycles. The minimum atomic E-state index is -1.01. The Hall–Kier alpha value is -1.37. The van der Waals surface area contributed by atoms with Crippen LogP contribution in [0.3, 0.4) is 0 Å². The molecule has 0 unspecified atom stereocenters. The van der Waals surface area contributed by atoms with Crippen LogP contribution < -0.4 is 0 Å². The van der Waals surface area contributed by atoms with E-state index in [0.717, 1.165) is 0 Å². The standard InChI is InChI=1S/C24H22S5/c1-15-5-7-17(25-15)19-9-11-21(27-19)23-13-14-24(29(23,3)4)22-12-10-20(28-22)18-8-6-16(2)26-18/h5-14H,1-4H3. The van der Waals surface area contributed by atoms with E-state index in [9.17, 15) is 0 Å². The zero-order valence-electron chi connectivity index (χ0n) is 16.8. The lowest BCUT2D eigenvalue weighted by molar-refractivity contribution is 1.64. The number of rotatable bonds is 4. The molecule has 5 heteroatoms. The maximum atomic E-state index is 2.45. The molecular formula is C24H22S5. The van der Waals surface area contributed by atoms with Crippen LogP contribution >= 0.6 is 55.4 Å². The van der Waals surface area contributed by atoms with Gasteiger partial charge in [-0.25, -0.2) is 0 Å². The Morgan fingerprint density at radius 1 is 0.483 bits per heavy atom. The number of hydrogen-bond acceptors (Lipinski definition) is 4. The fourth-order valence-corrected chi connectivity index (χ4v) is 11.1. The second kappa shape index (κ2) is 7.40. The van der Waals surface area contributed by atoms with E-state index in [0.29, 0.717) is 0 Å². The minimum absolute atomic E-state index is 1.01. The average Bonchev–Trinajstić information content (AvgIpc) is 3.44. The number of aryl methyl sites for hydroxylation is 2. The Labute approximate surface area is 190 Å². The van der Waals surface area contributed by atoms with Gasteiger partial charge in [0.25, 0.3) is 0 Å². The second-order valence-corrected chi connectivity index (χ2v) is 15.8. The van der Waals surface area contributed by atoms with Gasteiger partial charge < -0.3 is 0 Å². The summed E-state index contributed by atoms with van der Waals surface area (Å²) in [6.07, 6.45) is 9.63. The van der Waals surface area contributed by atoms with Crippen LogP contribution in [-0.2, 0) is 0 Å². The number of hydrogen-bond donors (Lipinski definition) is 0. The summed E-state index contributed by atoms with van der Waals surface area (Å²) >= 11 is 7.64. The van der Waals surface area contributed by atoms with Crippen molar-refractivity contribution in [3.63, 3.8) is 0 Å². The van der Waals surface area contributed by atoms with Crippen LogP contribution in [0.1, 0.15) is 19.5 Å². The largest absolute Gasteiger partial charge is 0.191 e. The first-order valence-corrected chi connectivity index (χ1v) is 15.1. The Morgan fingerprint density at radius 2 is 0.828 bits per heavy atom. The molecule has 0 spiro atoms. The Bertz CT molecular complexity index is 1160. The summed E-state index contributed by atoms with van der Waals surface area (Å²) in [7, 11) is -1.01. The third-order valence-electron chi connectivity index (χ3n) is 5.15. The predicted molar refractivity (Wildman–Crippen MR) is 140 cm³/mol. The highest BCUT2D eigenvalue weighted by Crippen LogP contribution is 2.68. The van der Waals surface area contributed by atoms with Gasteiger partial charge in [0.05, 0.1) is 0 Å². The van der Waals surface area contributed by atoms with Gasteiger partial charge in [0.2, 0.25) is 0 Å². The molecule has 29 heavy (non-hydrogen) atoms. The summed E-state index contributed by atoms with van der Waals surface area (Å²) in [4.78, 5) is 14.1. The topological polar surface area (TPSA) is 0 Å². The van der Waals surface area contributed by atoms with Crippen LogP contribution in [0.15, 0.2) is 60.7 Å². The lowest BCUT2D eigenvalue weighted by Crippen LogP contribution is -1.95. The third-order valence-corrected chi connectivity index (χ3v) is 12.9. The molecule has 0 N–H and O–H groups in total. The van der Waals surface area contributed by atoms with E-state index in [1.807, 2.05) is 45.3 Å². The van der Waals surface area contributed by atoms with Crippen LogP contribution in [0.2, 0.25) is 0 Å². The number of thiophene rings is 4. The van der Waals surface area contributed by atoms with Gasteiger partial charge in [-0.3, -0.25) is 0 Å². The van der Waals surface area contributed by atoms with Gasteiger partial charge in [0.1, 0.15) is 0 Å². The van der Waals surface area contributed by atoms with Crippen molar-refractivity contribution in [3.8, 4) is 19.5 Å². The molecule has 4 aromatic heterocycles. The molecule has 0 saturated carbocycles. The predicted octanol–water partition coefficient (Wildman–Crippen LogP) is 9.34. The lowest BCUT2D eigenvalue weighted by atomic mass is 10.3. The summed E-state index contributed by atoms with van der Waals surface area (Å²) in [5.74, 6) is 0. The summed E-state index contributed by atoms with van der Waals surface area (Å²) < 4.78 is 0. The van der Waals surface area contributed by atoms with Crippen LogP contribution in [0.4, 0.5) is 0 Å². The quantitative estimate of drug-likeness (QED) is 0.279. The Balaban J connectivity index is 1.42. The molecule has 5 heterocycles. The van der Waals surface area contributed by atoms with Crippen molar-refractivity contribution in [1.29, 1.82) is 0 Å². The molecule has 0 aliphatic carbocycles. The average molecular weight is 471 g/mol. The SMILES string of the molecule is Cc1ccc(-c2ccc(C3=CC=C(c4ccc(-c5ccc(C)s5)s4)S3(C)C)s2)s1. The molecule has 0 radical (unpaired) electrons. The van der Waals surface area contributed by atoms with Crippen molar-refractivity contribution in [3.05, 3.63) is 80.2 Å². The molecule has 148 valence electrons. The first kappa shape index (κ1) is 19.6. The van der Waals surface area contributed by atoms with Crippen LogP contribution in [-0.4, -0.2) is 12.5 Å². The lowest BCUT2D eigenvalue weighted by Gasteiger charge is -2.32. The van der Waals surface area contributed by atoms with E-state index in [2.05, 4.69) is 87.0 Å². The molecular weight excluding hydrogens is 449 g/mol. The van der Waals surface area contributed by atoms with E-state index in [1.165, 1.54) is 48.8 Å². The smallest absolute Gasteiger partial charge is 0.0449 e. The third kappa shape index (κ3) is 3.53. The zero-order chi connectivity index (χ0) is 20.2. The molecule has 0 aromatic carbocycles. The molecule has 0 nitrogen and oxygen atoms in total. The van der Waals surface area contributed by atoms with Crippen LogP contribution in [0.5, 0.6) is 0 Å². The van der Waals surface area contributed by atoms with Crippen molar-refractivity contribution < 1.29 is 0 Å². The van der Waals surface area contributed by atoms with Gasteiger partial charge >= 0.3 is 0 Å². The summed E-state index contributed by atoms with van der Waals surface area (Å²) in [5.41, 5.74) is 0. The molecule has 0 atom stereocenters. The summed E-state index contributed by atoms with van der Waals surface area (Å²) in [6.45, 7) is 4.36. The van der Waals surface area contributed by atoms with Gasteiger partial charge in [-0.2, -0.15) is 10.0 Å². The van der Waals surface area contributed by atoms with Crippen LogP contribution in [0.25, 0.3) is 29.3 Å². The molecule has 0 fully saturated rings. The van der Waals surface area contributed by atoms with Gasteiger partial charge in [-0.1, -0.05) is 0 Å². The van der Waals surface area contributed by atoms with Gasteiger partial charge in [-0.05, 0) is 87.0 Å². The van der Waals surface area contributed by atoms with Crippen molar-refractivity contribution in [1.82, 2.24) is 0 Å². The fourth-order valence-electron chi connectivity index (χ4n) is 3.62. The normalized spacial score (nSPS) is 16.7. The van der Waals surface area contributed by atoms with Crippen molar-refractivity contribution in [2.24, 2.45) is 0 Å². The van der Waals surface area contributed by atoms with E-state index < -0.39 is 10.0 Å². The summed E-state index contributed by atoms with van der Waals surface area (Å²) in [5, 5.41) is 0. The number of allylic oxidation sites excluding steroid dienone is 2. The van der Waals surface area contributed by atoms with Gasteiger partial charge in [-0.15, -0.1) is 45.3 Å². The Morgan fingerprint density at radius 3 is 1.21 bits per heavy atom. The first-order chi connectivity index (χ1) is 13.9. The molecule has 0 bridgehead atoms. The highest BCUT2D eigenvalue weighted by atomic mass is 32.3. The molecule has 5 rings (SSSR count). The maximum absolute atomic E-state index is 2.45. The van der Waals surface area contributed by atoms with E-state index in [-0.39, 0.29) is 0 Å². The van der Waals surface area contributed by atoms with Crippen molar-refractivity contribution >= 4 is 65.2 Å². The maximum Gasteiger partial charge on any atom is 0.0449 e. The monoisotopic (exact) mass is 470 g/mol. The molecule has 0 amide bonds. The van der Waals surface area contributed by atoms with E-state index in [1.54, 1.807) is 0 Å². The van der Waals surface area contributed by atoms with Crippen molar-refractivity contribution in [2.45, 2.75) is 13.8 Å². The van der Waals surface area contributed by atoms with Crippen molar-refractivity contribution in [2.75, 3.05) is 12.5 Å². The molecule has 4 aromatic rings. The summed E-state index contributed by atoms with van der Waals surface area (Å²) in [6, 6.07) is 18.2.